The van der Waals surface area contributed by atoms with E-state index in [-0.39, 0.29) is 5.91 Å². The second-order valence-electron chi connectivity index (χ2n) is 5.77. The van der Waals surface area contributed by atoms with Crippen molar-refractivity contribution in [2.45, 2.75) is 6.92 Å². The molecule has 2 aromatic carbocycles. The Balaban J connectivity index is 2.06. The predicted molar refractivity (Wildman–Crippen MR) is 103 cm³/mol. The van der Waals surface area contributed by atoms with Gasteiger partial charge >= 0.3 is 0 Å². The second kappa shape index (κ2) is 8.09. The molecule has 138 valence electrons. The number of hydrogen-bond donors (Lipinski definition) is 1. The van der Waals surface area contributed by atoms with Crippen molar-refractivity contribution in [1.82, 2.24) is 0 Å². The molecule has 1 N–H and O–H groups in total. The summed E-state index contributed by atoms with van der Waals surface area (Å²) in [4.78, 5) is 17.9. The number of nitrogens with one attached hydrogen (secondary N) is 1. The summed E-state index contributed by atoms with van der Waals surface area (Å²) in [6, 6.07) is 10.1. The topological polar surface area (TPSA) is 50.7 Å². The van der Waals surface area contributed by atoms with Gasteiger partial charge in [-0.2, -0.15) is 0 Å². The van der Waals surface area contributed by atoms with Gasteiger partial charge in [0, 0.05) is 17.3 Å². The Kier molecular flexibility index (Phi) is 5.61. The number of aryl methyl sites for hydroxylation is 1. The zero-order valence-corrected chi connectivity index (χ0v) is 15.4. The molecule has 0 aliphatic rings. The molecule has 0 saturated heterocycles. The first-order valence-corrected chi connectivity index (χ1v) is 8.88. The van der Waals surface area contributed by atoms with Crippen LogP contribution in [0.1, 0.15) is 20.8 Å². The summed E-state index contributed by atoms with van der Waals surface area (Å²) in [5, 5.41) is 8.36. The number of halogens is 2. The largest absolute Gasteiger partial charge is 0.399 e. The van der Waals surface area contributed by atoms with Gasteiger partial charge in [-0.15, -0.1) is 11.3 Å². The van der Waals surface area contributed by atoms with E-state index in [1.54, 1.807) is 18.2 Å². The summed E-state index contributed by atoms with van der Waals surface area (Å²) in [5.41, 5.74) is 2.74. The van der Waals surface area contributed by atoms with E-state index < -0.39 is 11.6 Å². The van der Waals surface area contributed by atoms with Crippen LogP contribution >= 0.6 is 11.3 Å². The van der Waals surface area contributed by atoms with E-state index in [4.69, 9.17) is 0 Å². The Morgan fingerprint density at radius 3 is 2.52 bits per heavy atom. The summed E-state index contributed by atoms with van der Waals surface area (Å²) < 4.78 is 27.3. The highest BCUT2D eigenvalue weighted by Crippen LogP contribution is 2.31. The molecule has 1 aromatic heterocycles. The number of amides is 1. The van der Waals surface area contributed by atoms with Gasteiger partial charge < -0.3 is 10.2 Å². The number of benzene rings is 2. The van der Waals surface area contributed by atoms with Gasteiger partial charge in [-0.3, -0.25) is 4.79 Å². The van der Waals surface area contributed by atoms with Crippen LogP contribution in [0.5, 0.6) is 0 Å². The zero-order chi connectivity index (χ0) is 19.4. The fourth-order valence-corrected chi connectivity index (χ4v) is 3.42. The monoisotopic (exact) mass is 386 g/mol. The van der Waals surface area contributed by atoms with Crippen LogP contribution in [0.25, 0.3) is 11.1 Å². The smallest absolute Gasteiger partial charge is 0.266 e. The minimum Gasteiger partial charge on any atom is -0.399 e. The normalized spacial score (nSPS) is 11.0. The van der Waals surface area contributed by atoms with Crippen molar-refractivity contribution in [2.75, 3.05) is 12.4 Å². The molecule has 3 aromatic rings. The maximum Gasteiger partial charge on any atom is 0.266 e. The molecule has 1 amide bonds. The number of carbonyl (C=O) groups is 1. The molecule has 7 heteroatoms. The Morgan fingerprint density at radius 1 is 1.15 bits per heavy atom. The van der Waals surface area contributed by atoms with Gasteiger partial charge in [-0.05, 0) is 53.3 Å². The van der Waals surface area contributed by atoms with Gasteiger partial charge in [0.05, 0.1) is 11.1 Å². The predicted octanol–water partition coefficient (Wildman–Crippen LogP) is 5.23. The van der Waals surface area contributed by atoms with Crippen molar-refractivity contribution in [2.24, 2.45) is 5.16 Å². The first-order chi connectivity index (χ1) is 13.0. The standard InChI is InChI=1S/C20H16F2N2O2S/c1-12-5-6-27-19(12)20(25)24-18-7-13(11-23-26-2)3-4-17(18)14-8-15(21)10-16(22)9-14/h3-11H,1-2H3,(H,24,25)/b23-11+. The number of thiophene rings is 1. The van der Waals surface area contributed by atoms with Crippen LogP contribution in [0, 0.1) is 18.6 Å². The molecule has 1 heterocycles. The zero-order valence-electron chi connectivity index (χ0n) is 14.6. The lowest BCUT2D eigenvalue weighted by Gasteiger charge is -2.13. The fraction of sp³-hybridized carbons (Fsp3) is 0.100. The molecular weight excluding hydrogens is 370 g/mol. The average molecular weight is 386 g/mol. The second-order valence-corrected chi connectivity index (χ2v) is 6.68. The van der Waals surface area contributed by atoms with Gasteiger partial charge in [0.15, 0.2) is 0 Å². The van der Waals surface area contributed by atoms with E-state index in [0.717, 1.165) is 11.6 Å². The van der Waals surface area contributed by atoms with E-state index in [1.807, 2.05) is 18.4 Å². The van der Waals surface area contributed by atoms with Gasteiger partial charge in [-0.25, -0.2) is 8.78 Å². The number of carbonyl (C=O) groups excluding carboxylic acids is 1. The summed E-state index contributed by atoms with van der Waals surface area (Å²) in [6.45, 7) is 1.84. The lowest BCUT2D eigenvalue weighted by Crippen LogP contribution is -2.12. The Morgan fingerprint density at radius 2 is 1.89 bits per heavy atom. The number of hydrogen-bond acceptors (Lipinski definition) is 4. The maximum absolute atomic E-state index is 13.7. The van der Waals surface area contributed by atoms with E-state index in [0.29, 0.717) is 27.3 Å². The third-order valence-corrected chi connectivity index (χ3v) is 4.86. The third kappa shape index (κ3) is 4.38. The molecule has 4 nitrogen and oxygen atoms in total. The Labute approximate surface area is 159 Å². The van der Waals surface area contributed by atoms with E-state index in [9.17, 15) is 13.6 Å². The molecule has 0 radical (unpaired) electrons. The quantitative estimate of drug-likeness (QED) is 0.482. The van der Waals surface area contributed by atoms with Crippen LogP contribution in [0.2, 0.25) is 0 Å². The lowest BCUT2D eigenvalue weighted by atomic mass is 10.0. The molecule has 0 unspecified atom stereocenters. The molecule has 0 bridgehead atoms. The molecule has 0 saturated carbocycles. The van der Waals surface area contributed by atoms with Crippen LogP contribution in [-0.4, -0.2) is 19.2 Å². The van der Waals surface area contributed by atoms with Crippen molar-refractivity contribution in [3.05, 3.63) is 75.5 Å². The highest BCUT2D eigenvalue weighted by Gasteiger charge is 2.15. The number of rotatable bonds is 5. The van der Waals surface area contributed by atoms with E-state index in [1.165, 1.54) is 36.8 Å². The van der Waals surface area contributed by atoms with Crippen molar-refractivity contribution >= 4 is 29.1 Å². The first kappa shape index (κ1) is 18.7. The summed E-state index contributed by atoms with van der Waals surface area (Å²) >= 11 is 1.32. The molecule has 0 fully saturated rings. The molecular formula is C20H16F2N2O2S. The van der Waals surface area contributed by atoms with Crippen LogP contribution < -0.4 is 5.32 Å². The molecule has 27 heavy (non-hydrogen) atoms. The van der Waals surface area contributed by atoms with E-state index >= 15 is 0 Å². The van der Waals surface area contributed by atoms with Crippen molar-refractivity contribution in [1.29, 1.82) is 0 Å². The van der Waals surface area contributed by atoms with Crippen LogP contribution in [0.15, 0.2) is 53.0 Å². The first-order valence-electron chi connectivity index (χ1n) is 8.00. The van der Waals surface area contributed by atoms with Crippen LogP contribution in [-0.2, 0) is 4.84 Å². The molecule has 3 rings (SSSR count). The summed E-state index contributed by atoms with van der Waals surface area (Å²) in [5.74, 6) is -1.68. The minimum atomic E-state index is -0.693. The lowest BCUT2D eigenvalue weighted by molar-refractivity contribution is 0.103. The average Bonchev–Trinajstić information content (AvgIpc) is 3.05. The highest BCUT2D eigenvalue weighted by atomic mass is 32.1. The Bertz CT molecular complexity index is 995. The molecule has 0 atom stereocenters. The van der Waals surface area contributed by atoms with Gasteiger partial charge in [0.25, 0.3) is 5.91 Å². The number of oxime groups is 1. The number of nitrogens with zero attached hydrogens (tertiary/aromatic N) is 1. The molecule has 0 aliphatic heterocycles. The number of anilines is 1. The van der Waals surface area contributed by atoms with E-state index in [2.05, 4.69) is 15.3 Å². The summed E-state index contributed by atoms with van der Waals surface area (Å²) in [7, 11) is 1.42. The van der Waals surface area contributed by atoms with Gasteiger partial charge in [0.1, 0.15) is 18.7 Å². The SMILES string of the molecule is CO/N=C/c1ccc(-c2cc(F)cc(F)c2)c(NC(=O)c2sccc2C)c1. The highest BCUT2D eigenvalue weighted by molar-refractivity contribution is 7.12. The van der Waals surface area contributed by atoms with Crippen LogP contribution in [0.4, 0.5) is 14.5 Å². The Hall–Kier alpha value is -3.06. The van der Waals surface area contributed by atoms with Crippen molar-refractivity contribution < 1.29 is 18.4 Å². The third-order valence-electron chi connectivity index (χ3n) is 3.84. The minimum absolute atomic E-state index is 0.290. The van der Waals surface area contributed by atoms with Crippen LogP contribution in [0.3, 0.4) is 0 Å². The maximum atomic E-state index is 13.7. The van der Waals surface area contributed by atoms with Gasteiger partial charge in [-0.1, -0.05) is 17.3 Å². The summed E-state index contributed by atoms with van der Waals surface area (Å²) in [6.07, 6.45) is 1.47. The van der Waals surface area contributed by atoms with Crippen molar-refractivity contribution in [3.63, 3.8) is 0 Å². The molecule has 0 aliphatic carbocycles. The fourth-order valence-electron chi connectivity index (χ4n) is 2.60. The molecule has 0 spiro atoms. The van der Waals surface area contributed by atoms with Crippen molar-refractivity contribution in [3.8, 4) is 11.1 Å². The van der Waals surface area contributed by atoms with Gasteiger partial charge in [0.2, 0.25) is 0 Å².